The van der Waals surface area contributed by atoms with Crippen LogP contribution in [0.1, 0.15) is 24.6 Å². The van der Waals surface area contributed by atoms with Gasteiger partial charge < -0.3 is 4.42 Å². The number of H-pyrrole nitrogens is 1. The zero-order chi connectivity index (χ0) is 19.8. The maximum atomic E-state index is 13.0. The summed E-state index contributed by atoms with van der Waals surface area (Å²) in [5.41, 5.74) is 1.40. The SMILES string of the molecule is C=CCSc1n[n+]2c(c(=O)[nH]1)-c1ccccc1N(C(C)=O)C2c1ccc(C)o1. The van der Waals surface area contributed by atoms with Crippen LogP contribution < -0.4 is 15.1 Å². The summed E-state index contributed by atoms with van der Waals surface area (Å²) in [4.78, 5) is 30.1. The number of carbonyl (C=O) groups excluding carboxylic acids is 1. The molecule has 3 heterocycles. The van der Waals surface area contributed by atoms with Crippen molar-refractivity contribution in [3.63, 3.8) is 0 Å². The average Bonchev–Trinajstić information content (AvgIpc) is 3.10. The van der Waals surface area contributed by atoms with Crippen LogP contribution >= 0.6 is 11.8 Å². The Bertz CT molecular complexity index is 1130. The van der Waals surface area contributed by atoms with E-state index < -0.39 is 6.17 Å². The topological polar surface area (TPSA) is 83.1 Å². The second-order valence-electron chi connectivity index (χ2n) is 6.38. The Kier molecular flexibility index (Phi) is 4.64. The predicted molar refractivity (Wildman–Crippen MR) is 106 cm³/mol. The first kappa shape index (κ1) is 18.2. The van der Waals surface area contributed by atoms with Crippen molar-refractivity contribution in [2.45, 2.75) is 25.2 Å². The van der Waals surface area contributed by atoms with Crippen molar-refractivity contribution in [3.8, 4) is 11.3 Å². The van der Waals surface area contributed by atoms with Crippen molar-refractivity contribution in [1.82, 2.24) is 10.1 Å². The summed E-state index contributed by atoms with van der Waals surface area (Å²) in [6.45, 7) is 7.03. The van der Waals surface area contributed by atoms with Crippen LogP contribution in [0.2, 0.25) is 0 Å². The zero-order valence-corrected chi connectivity index (χ0v) is 16.3. The lowest BCUT2D eigenvalue weighted by atomic mass is 10.0. The molecule has 0 spiro atoms. The maximum Gasteiger partial charge on any atom is 0.325 e. The lowest BCUT2D eigenvalue weighted by Gasteiger charge is -2.29. The molecule has 0 bridgehead atoms. The summed E-state index contributed by atoms with van der Waals surface area (Å²) in [6.07, 6.45) is 1.04. The third-order valence-corrected chi connectivity index (χ3v) is 5.31. The number of carbonyl (C=O) groups is 1. The highest BCUT2D eigenvalue weighted by Gasteiger charge is 2.46. The number of aromatic nitrogens is 3. The Labute approximate surface area is 165 Å². The number of amides is 1. The fourth-order valence-electron chi connectivity index (χ4n) is 3.37. The molecule has 1 atom stereocenters. The van der Waals surface area contributed by atoms with Gasteiger partial charge in [-0.1, -0.05) is 30.0 Å². The summed E-state index contributed by atoms with van der Waals surface area (Å²) in [6, 6.07) is 10.9. The van der Waals surface area contributed by atoms with Crippen LogP contribution in [0.4, 0.5) is 5.69 Å². The average molecular weight is 395 g/mol. The second kappa shape index (κ2) is 7.12. The second-order valence-corrected chi connectivity index (χ2v) is 7.39. The Balaban J connectivity index is 2.03. The molecule has 0 saturated carbocycles. The molecular weight excluding hydrogens is 376 g/mol. The van der Waals surface area contributed by atoms with Gasteiger partial charge in [0.1, 0.15) is 5.76 Å². The number of furan rings is 1. The Morgan fingerprint density at radius 2 is 2.18 bits per heavy atom. The van der Waals surface area contributed by atoms with E-state index in [1.54, 1.807) is 21.7 Å². The van der Waals surface area contributed by atoms with Gasteiger partial charge in [-0.15, -0.1) is 6.58 Å². The summed E-state index contributed by atoms with van der Waals surface area (Å²) >= 11 is 1.36. The van der Waals surface area contributed by atoms with E-state index >= 15 is 0 Å². The van der Waals surface area contributed by atoms with Crippen LogP contribution in [0.15, 0.2) is 63.4 Å². The van der Waals surface area contributed by atoms with Crippen LogP contribution in [0.3, 0.4) is 0 Å². The number of hydrogen-bond donors (Lipinski definition) is 1. The zero-order valence-electron chi connectivity index (χ0n) is 15.5. The molecule has 0 radical (unpaired) electrons. The minimum Gasteiger partial charge on any atom is -0.457 e. The van der Waals surface area contributed by atoms with Crippen molar-refractivity contribution >= 4 is 23.4 Å². The molecule has 1 N–H and O–H groups in total. The maximum absolute atomic E-state index is 13.0. The van der Waals surface area contributed by atoms with Gasteiger partial charge >= 0.3 is 17.4 Å². The van der Waals surface area contributed by atoms with Gasteiger partial charge in [-0.2, -0.15) is 0 Å². The fourth-order valence-corrected chi connectivity index (χ4v) is 3.95. The Morgan fingerprint density at radius 1 is 1.39 bits per heavy atom. The molecule has 1 aliphatic heterocycles. The van der Waals surface area contributed by atoms with Gasteiger partial charge in [-0.05, 0) is 35.9 Å². The van der Waals surface area contributed by atoms with Gasteiger partial charge in [0.25, 0.3) is 0 Å². The molecule has 28 heavy (non-hydrogen) atoms. The van der Waals surface area contributed by atoms with Gasteiger partial charge in [0.05, 0.1) is 11.3 Å². The molecule has 1 aliphatic rings. The first-order chi connectivity index (χ1) is 13.5. The Morgan fingerprint density at radius 3 is 2.86 bits per heavy atom. The van der Waals surface area contributed by atoms with E-state index in [1.165, 1.54) is 18.7 Å². The van der Waals surface area contributed by atoms with Gasteiger partial charge in [0.15, 0.2) is 5.76 Å². The molecule has 7 nitrogen and oxygen atoms in total. The number of nitrogens with one attached hydrogen (secondary N) is 1. The molecule has 142 valence electrons. The number of fused-ring (bicyclic) bond motifs is 3. The highest BCUT2D eigenvalue weighted by atomic mass is 32.2. The van der Waals surface area contributed by atoms with E-state index in [-0.39, 0.29) is 11.5 Å². The molecule has 1 amide bonds. The number of hydrogen-bond acceptors (Lipinski definition) is 5. The molecule has 0 fully saturated rings. The van der Waals surface area contributed by atoms with Crippen LogP contribution in [-0.4, -0.2) is 21.7 Å². The lowest BCUT2D eigenvalue weighted by molar-refractivity contribution is -0.764. The Hall–Kier alpha value is -3.13. The van der Waals surface area contributed by atoms with E-state index in [4.69, 9.17) is 4.42 Å². The minimum atomic E-state index is -0.693. The van der Waals surface area contributed by atoms with E-state index in [0.717, 1.165) is 0 Å². The normalized spacial score (nSPS) is 15.1. The number of aromatic amines is 1. The number of aryl methyl sites for hydroxylation is 1. The molecule has 3 aromatic rings. The smallest absolute Gasteiger partial charge is 0.325 e. The largest absolute Gasteiger partial charge is 0.457 e. The molecule has 2 aromatic heterocycles. The predicted octanol–water partition coefficient (Wildman–Crippen LogP) is 2.82. The molecule has 1 unspecified atom stereocenters. The summed E-state index contributed by atoms with van der Waals surface area (Å²) in [7, 11) is 0. The van der Waals surface area contributed by atoms with Crippen LogP contribution in [0.5, 0.6) is 0 Å². The molecule has 0 aliphatic carbocycles. The molecule has 4 rings (SSSR count). The van der Waals surface area contributed by atoms with Gasteiger partial charge in [0.2, 0.25) is 11.1 Å². The van der Waals surface area contributed by atoms with Gasteiger partial charge in [0, 0.05) is 17.8 Å². The number of thioether (sulfide) groups is 1. The number of benzene rings is 1. The van der Waals surface area contributed by atoms with Crippen molar-refractivity contribution < 1.29 is 13.9 Å². The summed E-state index contributed by atoms with van der Waals surface area (Å²) < 4.78 is 7.42. The first-order valence-electron chi connectivity index (χ1n) is 8.76. The van der Waals surface area contributed by atoms with E-state index in [2.05, 4.69) is 16.7 Å². The highest BCUT2D eigenvalue weighted by molar-refractivity contribution is 7.99. The van der Waals surface area contributed by atoms with Crippen molar-refractivity contribution in [2.24, 2.45) is 0 Å². The monoisotopic (exact) mass is 395 g/mol. The summed E-state index contributed by atoms with van der Waals surface area (Å²) in [5, 5.41) is 5.08. The fraction of sp³-hybridized carbons (Fsp3) is 0.200. The summed E-state index contributed by atoms with van der Waals surface area (Å²) in [5.74, 6) is 1.67. The number of rotatable bonds is 4. The number of para-hydroxylation sites is 1. The van der Waals surface area contributed by atoms with Crippen molar-refractivity contribution in [2.75, 3.05) is 10.7 Å². The van der Waals surface area contributed by atoms with Crippen LogP contribution in [0.25, 0.3) is 11.3 Å². The van der Waals surface area contributed by atoms with Crippen molar-refractivity contribution in [3.05, 3.63) is 70.9 Å². The van der Waals surface area contributed by atoms with E-state index in [1.807, 2.05) is 37.3 Å². The molecule has 1 aromatic carbocycles. The molecule has 0 saturated heterocycles. The molecule has 8 heteroatoms. The van der Waals surface area contributed by atoms with Gasteiger partial charge in [-0.3, -0.25) is 14.6 Å². The third kappa shape index (κ3) is 2.95. The van der Waals surface area contributed by atoms with Gasteiger partial charge in [-0.25, -0.2) is 4.90 Å². The van der Waals surface area contributed by atoms with Crippen LogP contribution in [0, 0.1) is 6.92 Å². The van der Waals surface area contributed by atoms with Crippen molar-refractivity contribution in [1.29, 1.82) is 0 Å². The third-order valence-electron chi connectivity index (χ3n) is 4.45. The lowest BCUT2D eigenvalue weighted by Crippen LogP contribution is -2.60. The van der Waals surface area contributed by atoms with E-state index in [9.17, 15) is 9.59 Å². The standard InChI is InChI=1S/C20H18N4O3S/c1-4-11-28-20-21-18(26)17-14-7-5-6-8-15(14)23(13(3)25)19(24(17)22-20)16-10-9-12(2)27-16/h4-10,19H,1,11H2,2-3H3/p+1. The van der Waals surface area contributed by atoms with E-state index in [0.29, 0.717) is 39.4 Å². The minimum absolute atomic E-state index is 0.174. The quantitative estimate of drug-likeness (QED) is 0.417. The number of nitrogens with zero attached hydrogens (tertiary/aromatic N) is 3. The van der Waals surface area contributed by atoms with Crippen LogP contribution in [-0.2, 0) is 4.79 Å². The molecular formula is C20H19N4O3S+. The highest BCUT2D eigenvalue weighted by Crippen LogP contribution is 2.37. The number of anilines is 1. The first-order valence-corrected chi connectivity index (χ1v) is 9.75.